The normalized spacial score (nSPS) is 10.3. The molecular formula is C16H15BrO3. The lowest BCUT2D eigenvalue weighted by Gasteiger charge is -2.12. The maximum absolute atomic E-state index is 11.3. The molecule has 0 saturated heterocycles. The zero-order valence-electron chi connectivity index (χ0n) is 11.1. The van der Waals surface area contributed by atoms with Gasteiger partial charge in [0.15, 0.2) is 5.78 Å². The lowest BCUT2D eigenvalue weighted by Crippen LogP contribution is -1.97. The summed E-state index contributed by atoms with van der Waals surface area (Å²) in [4.78, 5) is 11.3. The van der Waals surface area contributed by atoms with E-state index in [1.54, 1.807) is 18.2 Å². The van der Waals surface area contributed by atoms with E-state index in [1.807, 2.05) is 24.3 Å². The van der Waals surface area contributed by atoms with Crippen LogP contribution in [0.3, 0.4) is 0 Å². The maximum atomic E-state index is 11.3. The maximum Gasteiger partial charge on any atom is 0.159 e. The molecule has 104 valence electrons. The van der Waals surface area contributed by atoms with Crippen LogP contribution in [-0.4, -0.2) is 17.5 Å². The third kappa shape index (κ3) is 3.46. The number of para-hydroxylation sites is 1. The highest BCUT2D eigenvalue weighted by atomic mass is 79.9. The van der Waals surface area contributed by atoms with Crippen molar-refractivity contribution < 1.29 is 14.6 Å². The lowest BCUT2D eigenvalue weighted by molar-refractivity contribution is 0.101. The summed E-state index contributed by atoms with van der Waals surface area (Å²) < 4.78 is 6.58. The van der Waals surface area contributed by atoms with Gasteiger partial charge in [-0.2, -0.15) is 0 Å². The van der Waals surface area contributed by atoms with Crippen LogP contribution in [0.25, 0.3) is 0 Å². The molecule has 0 bridgehead atoms. The zero-order chi connectivity index (χ0) is 14.5. The molecule has 0 unspecified atom stereocenters. The number of ether oxygens (including phenoxy) is 1. The third-order valence-corrected chi connectivity index (χ3v) is 3.53. The smallest absolute Gasteiger partial charge is 0.159 e. The van der Waals surface area contributed by atoms with Gasteiger partial charge in [-0.15, -0.1) is 0 Å². The van der Waals surface area contributed by atoms with E-state index < -0.39 is 0 Å². The summed E-state index contributed by atoms with van der Waals surface area (Å²) in [6.45, 7) is 1.60. The van der Waals surface area contributed by atoms with Crippen molar-refractivity contribution in [2.45, 2.75) is 13.3 Å². The highest BCUT2D eigenvalue weighted by molar-refractivity contribution is 9.10. The number of carbonyl (C=O) groups is 1. The Morgan fingerprint density at radius 3 is 2.60 bits per heavy atom. The van der Waals surface area contributed by atoms with Gasteiger partial charge in [0.2, 0.25) is 0 Å². The Labute approximate surface area is 126 Å². The van der Waals surface area contributed by atoms with Crippen molar-refractivity contribution in [3.05, 3.63) is 58.1 Å². The molecule has 2 aromatic carbocycles. The average Bonchev–Trinajstić information content (AvgIpc) is 2.43. The minimum absolute atomic E-state index is 0.0120. The van der Waals surface area contributed by atoms with Crippen molar-refractivity contribution in [1.82, 2.24) is 0 Å². The SMILES string of the molecule is CC(=O)c1ccc(Oc2ccccc2CCO)c(Br)c1. The van der Waals surface area contributed by atoms with Gasteiger partial charge in [-0.1, -0.05) is 18.2 Å². The van der Waals surface area contributed by atoms with E-state index in [0.717, 1.165) is 10.0 Å². The second-order valence-electron chi connectivity index (χ2n) is 4.38. The van der Waals surface area contributed by atoms with E-state index >= 15 is 0 Å². The molecule has 2 rings (SSSR count). The topological polar surface area (TPSA) is 46.5 Å². The fourth-order valence-electron chi connectivity index (χ4n) is 1.85. The monoisotopic (exact) mass is 334 g/mol. The van der Waals surface area contributed by atoms with Crippen LogP contribution in [-0.2, 0) is 6.42 Å². The number of hydrogen-bond donors (Lipinski definition) is 1. The first-order valence-corrected chi connectivity index (χ1v) is 7.08. The molecule has 1 N–H and O–H groups in total. The number of aliphatic hydroxyl groups is 1. The number of aliphatic hydroxyl groups excluding tert-OH is 1. The van der Waals surface area contributed by atoms with Crippen molar-refractivity contribution in [2.75, 3.05) is 6.61 Å². The predicted octanol–water partition coefficient (Wildman–Crippen LogP) is 3.98. The molecule has 0 fully saturated rings. The number of hydrogen-bond acceptors (Lipinski definition) is 3. The van der Waals surface area contributed by atoms with E-state index in [4.69, 9.17) is 9.84 Å². The van der Waals surface area contributed by atoms with Gasteiger partial charge < -0.3 is 9.84 Å². The number of benzene rings is 2. The standard InChI is InChI=1S/C16H15BrO3/c1-11(19)13-6-7-16(14(17)10-13)20-15-5-3-2-4-12(15)8-9-18/h2-7,10,18H,8-9H2,1H3. The van der Waals surface area contributed by atoms with Crippen molar-refractivity contribution >= 4 is 21.7 Å². The Kier molecular flexibility index (Phi) is 4.93. The van der Waals surface area contributed by atoms with Crippen LogP contribution in [0.4, 0.5) is 0 Å². The second-order valence-corrected chi connectivity index (χ2v) is 5.24. The van der Waals surface area contributed by atoms with Gasteiger partial charge >= 0.3 is 0 Å². The van der Waals surface area contributed by atoms with E-state index in [9.17, 15) is 4.79 Å². The number of Topliss-reactive ketones (excluding diaryl/α,β-unsaturated/α-hetero) is 1. The first-order chi connectivity index (χ1) is 9.61. The Morgan fingerprint density at radius 2 is 1.95 bits per heavy atom. The van der Waals surface area contributed by atoms with Crippen LogP contribution in [0, 0.1) is 0 Å². The van der Waals surface area contributed by atoms with Crippen molar-refractivity contribution in [3.8, 4) is 11.5 Å². The first-order valence-electron chi connectivity index (χ1n) is 6.29. The Morgan fingerprint density at radius 1 is 1.20 bits per heavy atom. The van der Waals surface area contributed by atoms with Crippen molar-refractivity contribution in [3.63, 3.8) is 0 Å². The molecule has 0 aliphatic carbocycles. The van der Waals surface area contributed by atoms with Gasteiger partial charge in [0, 0.05) is 12.2 Å². The number of rotatable bonds is 5. The van der Waals surface area contributed by atoms with Gasteiger partial charge in [0.05, 0.1) is 4.47 Å². The zero-order valence-corrected chi connectivity index (χ0v) is 12.7. The molecule has 2 aromatic rings. The summed E-state index contributed by atoms with van der Waals surface area (Å²) in [5, 5.41) is 9.06. The fraction of sp³-hybridized carbons (Fsp3) is 0.188. The average molecular weight is 335 g/mol. The highest BCUT2D eigenvalue weighted by Crippen LogP contribution is 2.32. The molecule has 0 radical (unpaired) electrons. The summed E-state index contributed by atoms with van der Waals surface area (Å²) in [5.74, 6) is 1.36. The van der Waals surface area contributed by atoms with Crippen molar-refractivity contribution in [2.24, 2.45) is 0 Å². The molecule has 0 aliphatic rings. The summed E-state index contributed by atoms with van der Waals surface area (Å²) in [6.07, 6.45) is 0.541. The van der Waals surface area contributed by atoms with Gasteiger partial charge in [-0.25, -0.2) is 0 Å². The molecule has 3 nitrogen and oxygen atoms in total. The number of halogens is 1. The summed E-state index contributed by atoms with van der Waals surface area (Å²) in [6, 6.07) is 12.8. The van der Waals surface area contributed by atoms with E-state index in [-0.39, 0.29) is 12.4 Å². The van der Waals surface area contributed by atoms with Crippen molar-refractivity contribution in [1.29, 1.82) is 0 Å². The molecule has 0 atom stereocenters. The van der Waals surface area contributed by atoms with Gasteiger partial charge in [0.25, 0.3) is 0 Å². The Bertz CT molecular complexity index is 623. The van der Waals surface area contributed by atoms with Crippen LogP contribution in [0.2, 0.25) is 0 Å². The van der Waals surface area contributed by atoms with Crippen LogP contribution < -0.4 is 4.74 Å². The summed E-state index contributed by atoms with van der Waals surface area (Å²) in [5.41, 5.74) is 1.57. The van der Waals surface area contributed by atoms with Crippen LogP contribution in [0.1, 0.15) is 22.8 Å². The molecule has 0 aliphatic heterocycles. The van der Waals surface area contributed by atoms with Gasteiger partial charge in [-0.3, -0.25) is 4.79 Å². The van der Waals surface area contributed by atoms with Gasteiger partial charge in [0.1, 0.15) is 11.5 Å². The highest BCUT2D eigenvalue weighted by Gasteiger charge is 2.09. The van der Waals surface area contributed by atoms with Crippen LogP contribution in [0.15, 0.2) is 46.9 Å². The third-order valence-electron chi connectivity index (χ3n) is 2.91. The minimum atomic E-state index is 0.0120. The number of carbonyl (C=O) groups excluding carboxylic acids is 1. The van der Waals surface area contributed by atoms with Crippen LogP contribution >= 0.6 is 15.9 Å². The molecule has 0 heterocycles. The van der Waals surface area contributed by atoms with E-state index in [2.05, 4.69) is 15.9 Å². The molecule has 0 spiro atoms. The first kappa shape index (κ1) is 14.8. The second kappa shape index (κ2) is 6.68. The largest absolute Gasteiger partial charge is 0.456 e. The quantitative estimate of drug-likeness (QED) is 0.841. The lowest BCUT2D eigenvalue weighted by atomic mass is 10.1. The molecular weight excluding hydrogens is 320 g/mol. The fourth-order valence-corrected chi connectivity index (χ4v) is 2.31. The predicted molar refractivity (Wildman–Crippen MR) is 81.5 cm³/mol. The number of ketones is 1. The summed E-state index contributed by atoms with van der Waals surface area (Å²) >= 11 is 3.41. The minimum Gasteiger partial charge on any atom is -0.456 e. The molecule has 0 aromatic heterocycles. The van der Waals surface area contributed by atoms with Crippen LogP contribution in [0.5, 0.6) is 11.5 Å². The molecule has 0 amide bonds. The van der Waals surface area contributed by atoms with E-state index in [0.29, 0.717) is 23.5 Å². The summed E-state index contributed by atoms with van der Waals surface area (Å²) in [7, 11) is 0. The Hall–Kier alpha value is -1.65. The molecule has 20 heavy (non-hydrogen) atoms. The molecule has 4 heteroatoms. The van der Waals surface area contributed by atoms with E-state index in [1.165, 1.54) is 6.92 Å². The van der Waals surface area contributed by atoms with Gasteiger partial charge in [-0.05, 0) is 59.1 Å². The molecule has 0 saturated carbocycles. The Balaban J connectivity index is 2.28.